The van der Waals surface area contributed by atoms with Crippen LogP contribution >= 0.6 is 0 Å². The number of rotatable bonds is 5. The molecule has 1 aromatic heterocycles. The van der Waals surface area contributed by atoms with E-state index in [1.54, 1.807) is 7.11 Å². The first-order valence-corrected chi connectivity index (χ1v) is 6.68. The van der Waals surface area contributed by atoms with Gasteiger partial charge in [-0.25, -0.2) is 4.68 Å². The second-order valence-electron chi connectivity index (χ2n) is 6.02. The van der Waals surface area contributed by atoms with Gasteiger partial charge in [-0.2, -0.15) is 5.10 Å². The molecule has 1 rings (SSSR count). The van der Waals surface area contributed by atoms with Gasteiger partial charge in [-0.15, -0.1) is 0 Å². The minimum absolute atomic E-state index is 0.0252. The molecule has 0 amide bonds. The number of methoxy groups -OCH3 is 1. The van der Waals surface area contributed by atoms with Gasteiger partial charge in [0, 0.05) is 11.0 Å². The van der Waals surface area contributed by atoms with Crippen molar-refractivity contribution in [3.8, 4) is 5.88 Å². The molecule has 1 heterocycles. The molecule has 4 heteroatoms. The Bertz CT molecular complexity index is 388. The maximum absolute atomic E-state index is 5.63. The van der Waals surface area contributed by atoms with Crippen LogP contribution in [-0.2, 0) is 11.8 Å². The topological polar surface area (TPSA) is 53.1 Å². The summed E-state index contributed by atoms with van der Waals surface area (Å²) in [6.07, 6.45) is 1.89. The molecule has 0 saturated heterocycles. The normalized spacial score (nSPS) is 12.2. The Morgan fingerprint density at radius 3 is 2.33 bits per heavy atom. The SMILES string of the molecule is COc1c(CCCN)c(C(C)(C)C)nn1C(C)C. The van der Waals surface area contributed by atoms with E-state index in [0.717, 1.165) is 24.4 Å². The number of nitrogens with zero attached hydrogens (tertiary/aromatic N) is 2. The van der Waals surface area contributed by atoms with Crippen molar-refractivity contribution in [1.82, 2.24) is 9.78 Å². The Kier molecular flexibility index (Phi) is 4.79. The van der Waals surface area contributed by atoms with E-state index in [-0.39, 0.29) is 5.41 Å². The zero-order valence-electron chi connectivity index (χ0n) is 12.6. The van der Waals surface area contributed by atoms with Crippen molar-refractivity contribution < 1.29 is 4.74 Å². The van der Waals surface area contributed by atoms with Crippen LogP contribution in [0.1, 0.15) is 58.3 Å². The molecule has 104 valence electrons. The lowest BCUT2D eigenvalue weighted by Crippen LogP contribution is -2.15. The van der Waals surface area contributed by atoms with Gasteiger partial charge in [0.15, 0.2) is 0 Å². The molecule has 0 saturated carbocycles. The van der Waals surface area contributed by atoms with Crippen LogP contribution in [0, 0.1) is 0 Å². The molecule has 0 bridgehead atoms. The molecule has 0 atom stereocenters. The summed E-state index contributed by atoms with van der Waals surface area (Å²) in [5.74, 6) is 0.892. The lowest BCUT2D eigenvalue weighted by Gasteiger charge is -2.17. The molecular formula is C14H27N3O. The zero-order valence-corrected chi connectivity index (χ0v) is 12.6. The van der Waals surface area contributed by atoms with Crippen LogP contribution in [0.2, 0.25) is 0 Å². The molecule has 0 aliphatic carbocycles. The summed E-state index contributed by atoms with van der Waals surface area (Å²) >= 11 is 0. The van der Waals surface area contributed by atoms with E-state index in [2.05, 4.69) is 34.6 Å². The average molecular weight is 253 g/mol. The Morgan fingerprint density at radius 1 is 1.33 bits per heavy atom. The zero-order chi connectivity index (χ0) is 13.9. The first-order valence-electron chi connectivity index (χ1n) is 6.68. The third-order valence-electron chi connectivity index (χ3n) is 2.98. The van der Waals surface area contributed by atoms with Gasteiger partial charge in [-0.3, -0.25) is 0 Å². The third kappa shape index (κ3) is 3.05. The standard InChI is InChI=1S/C14H27N3O/c1-10(2)17-13(18-6)11(8-7-9-15)12(16-17)14(3,4)5/h10H,7-9,15H2,1-6H3. The van der Waals surface area contributed by atoms with Crippen molar-refractivity contribution in [2.75, 3.05) is 13.7 Å². The minimum Gasteiger partial charge on any atom is -0.481 e. The molecular weight excluding hydrogens is 226 g/mol. The number of ether oxygens (including phenoxy) is 1. The summed E-state index contributed by atoms with van der Waals surface area (Å²) in [7, 11) is 1.72. The van der Waals surface area contributed by atoms with Crippen LogP contribution in [0.15, 0.2) is 0 Å². The summed E-state index contributed by atoms with van der Waals surface area (Å²) < 4.78 is 7.55. The van der Waals surface area contributed by atoms with Crippen molar-refractivity contribution in [2.24, 2.45) is 5.73 Å². The van der Waals surface area contributed by atoms with Crippen LogP contribution < -0.4 is 10.5 Å². The Morgan fingerprint density at radius 2 is 1.94 bits per heavy atom. The summed E-state index contributed by atoms with van der Waals surface area (Å²) in [6.45, 7) is 11.5. The lowest BCUT2D eigenvalue weighted by molar-refractivity contribution is 0.341. The highest BCUT2D eigenvalue weighted by molar-refractivity contribution is 5.36. The fraction of sp³-hybridized carbons (Fsp3) is 0.786. The van der Waals surface area contributed by atoms with Gasteiger partial charge < -0.3 is 10.5 Å². The second kappa shape index (κ2) is 5.74. The van der Waals surface area contributed by atoms with Crippen LogP contribution in [0.3, 0.4) is 0 Å². The van der Waals surface area contributed by atoms with Gasteiger partial charge in [-0.1, -0.05) is 20.8 Å². The molecule has 0 aliphatic heterocycles. The highest BCUT2D eigenvalue weighted by Crippen LogP contribution is 2.33. The highest BCUT2D eigenvalue weighted by Gasteiger charge is 2.27. The fourth-order valence-corrected chi connectivity index (χ4v) is 2.13. The third-order valence-corrected chi connectivity index (χ3v) is 2.98. The monoisotopic (exact) mass is 253 g/mol. The van der Waals surface area contributed by atoms with E-state index in [9.17, 15) is 0 Å². The quantitative estimate of drug-likeness (QED) is 0.877. The van der Waals surface area contributed by atoms with Gasteiger partial charge in [0.1, 0.15) is 0 Å². The molecule has 0 aromatic carbocycles. The largest absolute Gasteiger partial charge is 0.481 e. The van der Waals surface area contributed by atoms with Crippen LogP contribution in [0.25, 0.3) is 0 Å². The summed E-state index contributed by atoms with van der Waals surface area (Å²) in [4.78, 5) is 0. The average Bonchev–Trinajstić information content (AvgIpc) is 2.64. The van der Waals surface area contributed by atoms with Gasteiger partial charge in [0.05, 0.1) is 18.8 Å². The summed E-state index contributed by atoms with van der Waals surface area (Å²) in [6, 6.07) is 0.299. The molecule has 0 spiro atoms. The van der Waals surface area contributed by atoms with Crippen LogP contribution in [-0.4, -0.2) is 23.4 Å². The predicted molar refractivity (Wildman–Crippen MR) is 75.2 cm³/mol. The Balaban J connectivity index is 3.31. The number of aromatic nitrogens is 2. The van der Waals surface area contributed by atoms with Crippen molar-refractivity contribution in [2.45, 2.75) is 58.9 Å². The number of hydrogen-bond acceptors (Lipinski definition) is 3. The van der Waals surface area contributed by atoms with Crippen molar-refractivity contribution in [1.29, 1.82) is 0 Å². The molecule has 4 nitrogen and oxygen atoms in total. The highest BCUT2D eigenvalue weighted by atomic mass is 16.5. The second-order valence-corrected chi connectivity index (χ2v) is 6.02. The van der Waals surface area contributed by atoms with Gasteiger partial charge in [0.25, 0.3) is 0 Å². The number of hydrogen-bond donors (Lipinski definition) is 1. The predicted octanol–water partition coefficient (Wildman–Crippen LogP) is 2.66. The smallest absolute Gasteiger partial charge is 0.215 e. The van der Waals surface area contributed by atoms with Crippen molar-refractivity contribution in [3.63, 3.8) is 0 Å². The van der Waals surface area contributed by atoms with Gasteiger partial charge in [0.2, 0.25) is 5.88 Å². The fourth-order valence-electron chi connectivity index (χ4n) is 2.13. The Labute approximate surface area is 111 Å². The first-order chi connectivity index (χ1) is 8.32. The van der Waals surface area contributed by atoms with E-state index >= 15 is 0 Å². The van der Waals surface area contributed by atoms with E-state index in [0.29, 0.717) is 12.6 Å². The van der Waals surface area contributed by atoms with Gasteiger partial charge in [-0.05, 0) is 33.2 Å². The molecule has 0 fully saturated rings. The molecule has 2 N–H and O–H groups in total. The first kappa shape index (κ1) is 15.0. The molecule has 0 radical (unpaired) electrons. The van der Waals surface area contributed by atoms with E-state index < -0.39 is 0 Å². The van der Waals surface area contributed by atoms with Crippen LogP contribution in [0.4, 0.5) is 0 Å². The lowest BCUT2D eigenvalue weighted by atomic mass is 9.88. The van der Waals surface area contributed by atoms with E-state index in [4.69, 9.17) is 15.6 Å². The van der Waals surface area contributed by atoms with Crippen molar-refractivity contribution >= 4 is 0 Å². The van der Waals surface area contributed by atoms with Crippen LogP contribution in [0.5, 0.6) is 5.88 Å². The Hall–Kier alpha value is -1.03. The molecule has 18 heavy (non-hydrogen) atoms. The summed E-state index contributed by atoms with van der Waals surface area (Å²) in [5.41, 5.74) is 7.99. The molecule has 0 unspecified atom stereocenters. The van der Waals surface area contributed by atoms with Gasteiger partial charge >= 0.3 is 0 Å². The molecule has 1 aromatic rings. The maximum Gasteiger partial charge on any atom is 0.215 e. The maximum atomic E-state index is 5.63. The van der Waals surface area contributed by atoms with Crippen molar-refractivity contribution in [3.05, 3.63) is 11.3 Å². The number of nitrogens with two attached hydrogens (primary N) is 1. The summed E-state index contributed by atoms with van der Waals surface area (Å²) in [5, 5.41) is 4.76. The minimum atomic E-state index is 0.0252. The molecule has 0 aliphatic rings. The van der Waals surface area contributed by atoms with E-state index in [1.165, 1.54) is 5.56 Å². The van der Waals surface area contributed by atoms with E-state index in [1.807, 2.05) is 4.68 Å².